The summed E-state index contributed by atoms with van der Waals surface area (Å²) in [5, 5.41) is 5.49. The van der Waals surface area contributed by atoms with Crippen molar-refractivity contribution in [3.8, 4) is 0 Å². The van der Waals surface area contributed by atoms with Crippen molar-refractivity contribution >= 4 is 68.7 Å². The van der Waals surface area contributed by atoms with Gasteiger partial charge in [0.05, 0.1) is 39.2 Å². The van der Waals surface area contributed by atoms with Gasteiger partial charge in [0.1, 0.15) is 22.2 Å². The molecular formula is C41H48ClN9O2S2. The van der Waals surface area contributed by atoms with Crippen LogP contribution in [0.25, 0.3) is 11.0 Å². The van der Waals surface area contributed by atoms with Gasteiger partial charge < -0.3 is 19.7 Å². The van der Waals surface area contributed by atoms with Gasteiger partial charge in [-0.2, -0.15) is 4.98 Å². The Balaban J connectivity index is 0.923. The van der Waals surface area contributed by atoms with Gasteiger partial charge in [-0.25, -0.2) is 23.9 Å². The van der Waals surface area contributed by atoms with Crippen LogP contribution in [0.4, 0.5) is 17.5 Å². The van der Waals surface area contributed by atoms with E-state index in [1.807, 2.05) is 57.4 Å². The molecule has 14 heteroatoms. The van der Waals surface area contributed by atoms with Crippen molar-refractivity contribution in [3.05, 3.63) is 89.0 Å². The molecule has 0 bridgehead atoms. The standard InChI is InChI=1S/C41H48ClN9O2S2/c1-40(2,3)55(53)48-36-30-13-9-6-10-26(30)22-41(36)16-18-50(19-17-41)34-24-44-35(25-43-34)54-33-15-14-28(21-31(33)42)46-39-45-23-27-20-32(38(52)49(4)5)51(37(27)47-39)29-11-7-8-12-29/h6,9-10,13-15,20-21,23-25,29,36,48H,7-8,11-12,16-19,22H2,1-5H3,(H,45,46,47)/t36-,55-/m1/s1. The highest BCUT2D eigenvalue weighted by Crippen LogP contribution is 2.52. The van der Waals surface area contributed by atoms with Gasteiger partial charge in [0.2, 0.25) is 5.95 Å². The van der Waals surface area contributed by atoms with E-state index in [9.17, 15) is 9.00 Å². The lowest BCUT2D eigenvalue weighted by molar-refractivity contribution is 0.0815. The van der Waals surface area contributed by atoms with Crippen LogP contribution in [0, 0.1) is 5.41 Å². The average Bonchev–Trinajstić information content (AvgIpc) is 3.89. The molecule has 1 saturated carbocycles. The fourth-order valence-corrected chi connectivity index (χ4v) is 10.3. The Morgan fingerprint density at radius 1 is 1.00 bits per heavy atom. The van der Waals surface area contributed by atoms with Crippen molar-refractivity contribution < 1.29 is 9.00 Å². The van der Waals surface area contributed by atoms with E-state index in [0.717, 1.165) is 90.5 Å². The maximum absolute atomic E-state index is 13.3. The van der Waals surface area contributed by atoms with Crippen LogP contribution in [0.15, 0.2) is 77.0 Å². The number of anilines is 3. The van der Waals surface area contributed by atoms with E-state index >= 15 is 0 Å². The predicted octanol–water partition coefficient (Wildman–Crippen LogP) is 8.52. The molecular weight excluding hydrogens is 750 g/mol. The van der Waals surface area contributed by atoms with Crippen LogP contribution in [-0.4, -0.2) is 71.5 Å². The van der Waals surface area contributed by atoms with E-state index in [4.69, 9.17) is 26.6 Å². The maximum Gasteiger partial charge on any atom is 0.270 e. The molecule has 1 spiro atoms. The Hall–Kier alpha value is -4.04. The third kappa shape index (κ3) is 7.60. The van der Waals surface area contributed by atoms with Gasteiger partial charge in [0.15, 0.2) is 0 Å². The minimum absolute atomic E-state index is 0.0116. The molecule has 8 rings (SSSR count). The fraction of sp³-hybridized carbons (Fsp3) is 0.439. The van der Waals surface area contributed by atoms with Gasteiger partial charge >= 0.3 is 0 Å². The Kier molecular flexibility index (Phi) is 10.4. The molecule has 4 heterocycles. The highest BCUT2D eigenvalue weighted by Gasteiger charge is 2.49. The van der Waals surface area contributed by atoms with E-state index in [-0.39, 0.29) is 28.2 Å². The van der Waals surface area contributed by atoms with E-state index < -0.39 is 11.0 Å². The summed E-state index contributed by atoms with van der Waals surface area (Å²) in [7, 11) is 2.39. The summed E-state index contributed by atoms with van der Waals surface area (Å²) in [4.78, 5) is 36.9. The van der Waals surface area contributed by atoms with Crippen LogP contribution in [0.5, 0.6) is 0 Å². The first-order valence-corrected chi connectivity index (χ1v) is 21.4. The third-order valence-electron chi connectivity index (χ3n) is 11.3. The molecule has 2 atom stereocenters. The summed E-state index contributed by atoms with van der Waals surface area (Å²) >= 11 is 8.27. The molecule has 11 nitrogen and oxygen atoms in total. The molecule has 2 aliphatic carbocycles. The number of piperidine rings is 1. The highest BCUT2D eigenvalue weighted by atomic mass is 35.5. The number of hydrogen-bond donors (Lipinski definition) is 2. The summed E-state index contributed by atoms with van der Waals surface area (Å²) in [5.74, 6) is 1.27. The number of rotatable bonds is 9. The summed E-state index contributed by atoms with van der Waals surface area (Å²) in [6.45, 7) is 7.78. The first-order chi connectivity index (χ1) is 26.4. The van der Waals surface area contributed by atoms with Crippen molar-refractivity contribution in [2.45, 2.75) is 92.5 Å². The molecule has 3 aliphatic rings. The molecule has 55 heavy (non-hydrogen) atoms. The monoisotopic (exact) mass is 797 g/mol. The van der Waals surface area contributed by atoms with E-state index in [0.29, 0.717) is 16.7 Å². The molecule has 2 aromatic carbocycles. The number of nitrogens with one attached hydrogen (secondary N) is 2. The second-order valence-corrected chi connectivity index (χ2v) is 19.7. The van der Waals surface area contributed by atoms with Gasteiger partial charge in [-0.15, -0.1) is 0 Å². The molecule has 1 saturated heterocycles. The van der Waals surface area contributed by atoms with Crippen molar-refractivity contribution in [1.29, 1.82) is 0 Å². The summed E-state index contributed by atoms with van der Waals surface area (Å²) in [6.07, 6.45) is 12.7. The van der Waals surface area contributed by atoms with E-state index in [1.54, 1.807) is 25.2 Å². The lowest BCUT2D eigenvalue weighted by Gasteiger charge is -2.44. The number of nitrogens with zero attached hydrogens (tertiary/aromatic N) is 7. The minimum atomic E-state index is -1.17. The van der Waals surface area contributed by atoms with Crippen LogP contribution in [-0.2, 0) is 17.4 Å². The zero-order valence-electron chi connectivity index (χ0n) is 32.0. The summed E-state index contributed by atoms with van der Waals surface area (Å²) in [6, 6.07) is 16.6. The van der Waals surface area contributed by atoms with Crippen molar-refractivity contribution in [2.75, 3.05) is 37.4 Å². The first kappa shape index (κ1) is 37.9. The predicted molar refractivity (Wildman–Crippen MR) is 222 cm³/mol. The second-order valence-electron chi connectivity index (χ2n) is 16.3. The zero-order valence-corrected chi connectivity index (χ0v) is 34.4. The molecule has 3 aromatic heterocycles. The largest absolute Gasteiger partial charge is 0.355 e. The number of hydrogen-bond acceptors (Lipinski definition) is 9. The van der Waals surface area contributed by atoms with Crippen LogP contribution >= 0.6 is 23.4 Å². The molecule has 288 valence electrons. The average molecular weight is 798 g/mol. The smallest absolute Gasteiger partial charge is 0.270 e. The summed E-state index contributed by atoms with van der Waals surface area (Å²) < 4.78 is 18.6. The first-order valence-electron chi connectivity index (χ1n) is 19.1. The topological polar surface area (TPSA) is 121 Å². The van der Waals surface area contributed by atoms with Crippen LogP contribution in [0.2, 0.25) is 5.02 Å². The molecule has 0 unspecified atom stereocenters. The normalized spacial score (nSPS) is 18.9. The molecule has 1 amide bonds. The molecule has 2 N–H and O–H groups in total. The maximum atomic E-state index is 13.3. The van der Waals surface area contributed by atoms with Crippen molar-refractivity contribution in [1.82, 2.24) is 34.1 Å². The third-order valence-corrected chi connectivity index (χ3v) is 14.3. The van der Waals surface area contributed by atoms with Crippen LogP contribution in [0.3, 0.4) is 0 Å². The number of amides is 1. The highest BCUT2D eigenvalue weighted by molar-refractivity contribution is 7.99. The van der Waals surface area contributed by atoms with Gasteiger partial charge in [-0.3, -0.25) is 4.79 Å². The van der Waals surface area contributed by atoms with Crippen molar-refractivity contribution in [2.24, 2.45) is 5.41 Å². The molecule has 1 aliphatic heterocycles. The Bertz CT molecular complexity index is 2240. The lowest BCUT2D eigenvalue weighted by atomic mass is 9.73. The van der Waals surface area contributed by atoms with E-state index in [1.165, 1.54) is 22.9 Å². The number of aromatic nitrogens is 5. The Morgan fingerprint density at radius 3 is 2.45 bits per heavy atom. The number of fused-ring (bicyclic) bond motifs is 2. The van der Waals surface area contributed by atoms with Gasteiger partial charge in [-0.05, 0) is 93.7 Å². The Labute approximate surface area is 334 Å². The molecule has 5 aromatic rings. The number of benzene rings is 2. The lowest BCUT2D eigenvalue weighted by Crippen LogP contribution is -2.48. The number of carbonyl (C=O) groups is 1. The van der Waals surface area contributed by atoms with Crippen molar-refractivity contribution in [3.63, 3.8) is 0 Å². The number of halogens is 1. The van der Waals surface area contributed by atoms with Crippen LogP contribution in [0.1, 0.15) is 93.0 Å². The molecule has 0 radical (unpaired) electrons. The minimum Gasteiger partial charge on any atom is -0.355 e. The zero-order chi connectivity index (χ0) is 38.5. The van der Waals surface area contributed by atoms with Crippen LogP contribution < -0.4 is 14.9 Å². The SMILES string of the molecule is CN(C)C(=O)c1cc2cnc(Nc3ccc(Sc4cnc(N5CCC6(CC5)Cc5ccccc5[C@H]6N[S@](=O)C(C)(C)C)cn4)c(Cl)c3)nc2n1C1CCCC1. The van der Waals surface area contributed by atoms with Gasteiger partial charge in [0.25, 0.3) is 5.91 Å². The second kappa shape index (κ2) is 15.1. The fourth-order valence-electron chi connectivity index (χ4n) is 8.33. The Morgan fingerprint density at radius 2 is 1.76 bits per heavy atom. The number of carbonyl (C=O) groups excluding carboxylic acids is 1. The molecule has 2 fully saturated rings. The van der Waals surface area contributed by atoms with Gasteiger partial charge in [-0.1, -0.05) is 60.5 Å². The quantitative estimate of drug-likeness (QED) is 0.151. The summed E-state index contributed by atoms with van der Waals surface area (Å²) in [5.41, 5.74) is 4.82. The van der Waals surface area contributed by atoms with Gasteiger partial charge in [0, 0.05) is 55.4 Å². The van der Waals surface area contributed by atoms with E-state index in [2.05, 4.69) is 48.8 Å².